The largest absolute Gasteiger partial charge is 0.497 e. The van der Waals surface area contributed by atoms with Crippen molar-refractivity contribution in [2.24, 2.45) is 0 Å². The third kappa shape index (κ3) is 5.28. The number of hydrogen-bond acceptors (Lipinski definition) is 6. The van der Waals surface area contributed by atoms with Gasteiger partial charge in [0.15, 0.2) is 0 Å². The van der Waals surface area contributed by atoms with Crippen molar-refractivity contribution >= 4 is 11.7 Å². The van der Waals surface area contributed by atoms with Gasteiger partial charge in [-0.1, -0.05) is 24.3 Å². The van der Waals surface area contributed by atoms with Crippen molar-refractivity contribution in [3.63, 3.8) is 0 Å². The van der Waals surface area contributed by atoms with Gasteiger partial charge in [-0.15, -0.1) is 0 Å². The molecule has 2 aromatic heterocycles. The number of aromatic nitrogens is 3. The van der Waals surface area contributed by atoms with Crippen LogP contribution in [0.15, 0.2) is 73.1 Å². The van der Waals surface area contributed by atoms with E-state index in [0.29, 0.717) is 34.9 Å². The molecule has 1 amide bonds. The van der Waals surface area contributed by atoms with E-state index in [2.05, 4.69) is 15.2 Å². The molecule has 37 heavy (non-hydrogen) atoms. The van der Waals surface area contributed by atoms with Crippen LogP contribution >= 0.6 is 0 Å². The number of benzene rings is 2. The number of carbonyl (C=O) groups excluding carboxylic acids is 1. The molecule has 2 aromatic carbocycles. The molecule has 3 heterocycles. The van der Waals surface area contributed by atoms with Crippen LogP contribution in [0.5, 0.6) is 11.5 Å². The van der Waals surface area contributed by atoms with Gasteiger partial charge in [0.2, 0.25) is 0 Å². The number of carbonyl (C=O) groups is 1. The first-order valence-electron chi connectivity index (χ1n) is 12.5. The van der Waals surface area contributed by atoms with Gasteiger partial charge in [0, 0.05) is 43.2 Å². The van der Waals surface area contributed by atoms with Crippen LogP contribution in [0.1, 0.15) is 35.2 Å². The highest BCUT2D eigenvalue weighted by Gasteiger charge is 2.23. The van der Waals surface area contributed by atoms with Gasteiger partial charge in [-0.3, -0.25) is 4.79 Å². The van der Waals surface area contributed by atoms with E-state index in [1.54, 1.807) is 25.1 Å². The topological polar surface area (TPSA) is 81.5 Å². The lowest BCUT2D eigenvalue weighted by Gasteiger charge is -2.29. The molecule has 190 valence electrons. The van der Waals surface area contributed by atoms with E-state index < -0.39 is 0 Å². The van der Waals surface area contributed by atoms with Gasteiger partial charge in [0.25, 0.3) is 5.91 Å². The van der Waals surface area contributed by atoms with Gasteiger partial charge >= 0.3 is 0 Å². The lowest BCUT2D eigenvalue weighted by molar-refractivity contribution is 0.0951. The Labute approximate surface area is 216 Å². The summed E-state index contributed by atoms with van der Waals surface area (Å²) in [5.74, 6) is 1.97. The minimum atomic E-state index is -0.226. The Bertz CT molecular complexity index is 1360. The number of ether oxygens (including phenoxy) is 2. The number of pyridine rings is 1. The molecule has 8 nitrogen and oxygen atoms in total. The molecule has 1 fully saturated rings. The number of nitrogens with zero attached hydrogens (tertiary/aromatic N) is 4. The van der Waals surface area contributed by atoms with Gasteiger partial charge < -0.3 is 19.7 Å². The average molecular weight is 498 g/mol. The van der Waals surface area contributed by atoms with Crippen LogP contribution in [0.3, 0.4) is 0 Å². The second-order valence-corrected chi connectivity index (χ2v) is 8.95. The van der Waals surface area contributed by atoms with Crippen LogP contribution in [-0.2, 0) is 6.54 Å². The molecule has 5 rings (SSSR count). The summed E-state index contributed by atoms with van der Waals surface area (Å²) < 4.78 is 12.8. The first-order chi connectivity index (χ1) is 18.2. The summed E-state index contributed by atoms with van der Waals surface area (Å²) in [6.07, 6.45) is 7.14. The summed E-state index contributed by atoms with van der Waals surface area (Å²) in [5, 5.41) is 7.91. The Kier molecular flexibility index (Phi) is 7.35. The summed E-state index contributed by atoms with van der Waals surface area (Å²) in [4.78, 5) is 20.6. The predicted molar refractivity (Wildman–Crippen MR) is 144 cm³/mol. The predicted octanol–water partition coefficient (Wildman–Crippen LogP) is 4.87. The second kappa shape index (κ2) is 11.2. The van der Waals surface area contributed by atoms with Gasteiger partial charge in [0.05, 0.1) is 25.5 Å². The zero-order valence-corrected chi connectivity index (χ0v) is 21.2. The van der Waals surface area contributed by atoms with Crippen molar-refractivity contribution in [1.29, 1.82) is 0 Å². The van der Waals surface area contributed by atoms with E-state index in [1.165, 1.54) is 6.42 Å². The van der Waals surface area contributed by atoms with E-state index >= 15 is 0 Å². The van der Waals surface area contributed by atoms with E-state index in [0.717, 1.165) is 43.0 Å². The Balaban J connectivity index is 1.48. The molecule has 1 aliphatic rings. The molecule has 1 saturated heterocycles. The fourth-order valence-electron chi connectivity index (χ4n) is 4.68. The minimum absolute atomic E-state index is 0.226. The molecule has 1 N–H and O–H groups in total. The Hall–Kier alpha value is -4.33. The normalized spacial score (nSPS) is 13.3. The third-order valence-electron chi connectivity index (χ3n) is 6.60. The van der Waals surface area contributed by atoms with Crippen molar-refractivity contribution < 1.29 is 14.3 Å². The lowest BCUT2D eigenvalue weighted by atomic mass is 10.1. The number of piperidine rings is 1. The quantitative estimate of drug-likeness (QED) is 0.374. The summed E-state index contributed by atoms with van der Waals surface area (Å²) >= 11 is 0. The first kappa shape index (κ1) is 24.4. The van der Waals surface area contributed by atoms with Crippen molar-refractivity contribution in [3.8, 4) is 28.4 Å². The maximum absolute atomic E-state index is 13.6. The number of hydrogen-bond donors (Lipinski definition) is 1. The van der Waals surface area contributed by atoms with Crippen LogP contribution in [0.4, 0.5) is 5.82 Å². The Morgan fingerprint density at radius 2 is 1.78 bits per heavy atom. The molecule has 0 saturated carbocycles. The van der Waals surface area contributed by atoms with Crippen LogP contribution in [0, 0.1) is 0 Å². The molecule has 4 aromatic rings. The van der Waals surface area contributed by atoms with Gasteiger partial charge in [-0.25, -0.2) is 9.67 Å². The molecule has 0 aliphatic carbocycles. The van der Waals surface area contributed by atoms with E-state index in [9.17, 15) is 4.79 Å². The maximum Gasteiger partial charge on any atom is 0.255 e. The molecule has 0 radical (unpaired) electrons. The standard InChI is InChI=1S/C29H31N5O3/c1-36-23-13-14-26(37-2)24(18-23)27-25(20-34(32-27)22-11-5-3-6-12-22)29(35)31-19-21-10-9-15-30-28(21)33-16-7-4-8-17-33/h3,5-6,9-15,18,20H,4,7-8,16-17,19H2,1-2H3,(H,31,35). The molecule has 0 unspecified atom stereocenters. The summed E-state index contributed by atoms with van der Waals surface area (Å²) in [6.45, 7) is 2.34. The number of methoxy groups -OCH3 is 2. The molecular formula is C29H31N5O3. The van der Waals surface area contributed by atoms with Crippen LogP contribution in [0.25, 0.3) is 16.9 Å². The van der Waals surface area contributed by atoms with Gasteiger partial charge in [0.1, 0.15) is 23.0 Å². The zero-order chi connectivity index (χ0) is 25.6. The average Bonchev–Trinajstić information content (AvgIpc) is 3.42. The molecule has 0 atom stereocenters. The number of nitrogens with one attached hydrogen (secondary N) is 1. The van der Waals surface area contributed by atoms with E-state index in [1.807, 2.05) is 66.9 Å². The summed E-state index contributed by atoms with van der Waals surface area (Å²) in [7, 11) is 3.21. The summed E-state index contributed by atoms with van der Waals surface area (Å²) in [6, 6.07) is 19.1. The molecule has 0 bridgehead atoms. The highest BCUT2D eigenvalue weighted by Crippen LogP contribution is 2.35. The fourth-order valence-corrected chi connectivity index (χ4v) is 4.68. The number of para-hydroxylation sites is 1. The van der Waals surface area contributed by atoms with Crippen molar-refractivity contribution in [1.82, 2.24) is 20.1 Å². The summed E-state index contributed by atoms with van der Waals surface area (Å²) in [5.41, 5.74) is 3.48. The molecule has 1 aliphatic heterocycles. The smallest absolute Gasteiger partial charge is 0.255 e. The minimum Gasteiger partial charge on any atom is -0.497 e. The lowest BCUT2D eigenvalue weighted by Crippen LogP contribution is -2.32. The highest BCUT2D eigenvalue weighted by atomic mass is 16.5. The number of rotatable bonds is 8. The molecule has 8 heteroatoms. The molecular weight excluding hydrogens is 466 g/mol. The third-order valence-corrected chi connectivity index (χ3v) is 6.60. The number of amides is 1. The monoisotopic (exact) mass is 497 g/mol. The number of anilines is 1. The maximum atomic E-state index is 13.6. The fraction of sp³-hybridized carbons (Fsp3) is 0.276. The SMILES string of the molecule is COc1ccc(OC)c(-c2nn(-c3ccccc3)cc2C(=O)NCc2cccnc2N2CCCCC2)c1. The Morgan fingerprint density at radius 3 is 2.54 bits per heavy atom. The second-order valence-electron chi connectivity index (χ2n) is 8.95. The van der Waals surface area contributed by atoms with Crippen LogP contribution in [-0.4, -0.2) is 48.0 Å². The zero-order valence-electron chi connectivity index (χ0n) is 21.2. The van der Waals surface area contributed by atoms with Gasteiger partial charge in [-0.2, -0.15) is 5.10 Å². The van der Waals surface area contributed by atoms with Crippen molar-refractivity contribution in [3.05, 3.63) is 84.2 Å². The molecule has 0 spiro atoms. The Morgan fingerprint density at radius 1 is 0.973 bits per heavy atom. The van der Waals surface area contributed by atoms with Gasteiger partial charge in [-0.05, 0) is 55.7 Å². The van der Waals surface area contributed by atoms with E-state index in [-0.39, 0.29) is 5.91 Å². The van der Waals surface area contributed by atoms with Crippen LogP contribution in [0.2, 0.25) is 0 Å². The van der Waals surface area contributed by atoms with Crippen molar-refractivity contribution in [2.45, 2.75) is 25.8 Å². The van der Waals surface area contributed by atoms with Crippen LogP contribution < -0.4 is 19.7 Å². The van der Waals surface area contributed by atoms with Crippen molar-refractivity contribution in [2.75, 3.05) is 32.2 Å². The van der Waals surface area contributed by atoms with E-state index in [4.69, 9.17) is 14.6 Å². The highest BCUT2D eigenvalue weighted by molar-refractivity contribution is 6.00. The first-order valence-corrected chi connectivity index (χ1v) is 12.5.